The van der Waals surface area contributed by atoms with Crippen LogP contribution in [0.1, 0.15) is 66.2 Å². The maximum absolute atomic E-state index is 10.4. The summed E-state index contributed by atoms with van der Waals surface area (Å²) in [5, 5.41) is 8.58. The number of allylic oxidation sites excluding steroid dienone is 1. The van der Waals surface area contributed by atoms with Crippen LogP contribution in [-0.2, 0) is 4.79 Å². The molecule has 100 valence electrons. The van der Waals surface area contributed by atoms with E-state index in [0.717, 1.165) is 30.3 Å². The average Bonchev–Trinajstić information content (AvgIpc) is 2.15. The first-order valence-electron chi connectivity index (χ1n) is 6.82. The average molecular weight is 240 g/mol. The van der Waals surface area contributed by atoms with Gasteiger partial charge in [-0.2, -0.15) is 0 Å². The molecule has 0 aromatic rings. The van der Waals surface area contributed by atoms with E-state index < -0.39 is 5.97 Å². The highest BCUT2D eigenvalue weighted by Gasteiger charge is 2.03. The van der Waals surface area contributed by atoms with Crippen LogP contribution in [0.4, 0.5) is 0 Å². The minimum absolute atomic E-state index is 0.770. The molecular formula is C15H28O2. The second-order valence-corrected chi connectivity index (χ2v) is 5.65. The van der Waals surface area contributed by atoms with Crippen molar-refractivity contribution in [2.45, 2.75) is 66.2 Å². The molecule has 0 bridgehead atoms. The molecule has 0 aliphatic rings. The fraction of sp³-hybridized carbons (Fsp3) is 0.800. The molecule has 0 aromatic carbocycles. The van der Waals surface area contributed by atoms with Crippen LogP contribution in [0.5, 0.6) is 0 Å². The summed E-state index contributed by atoms with van der Waals surface area (Å²) in [6.07, 6.45) is 8.51. The topological polar surface area (TPSA) is 37.3 Å². The number of hydrogen-bond acceptors (Lipinski definition) is 1. The minimum atomic E-state index is -0.826. The molecule has 0 heterocycles. The van der Waals surface area contributed by atoms with Crippen LogP contribution in [0.15, 0.2) is 11.6 Å². The summed E-state index contributed by atoms with van der Waals surface area (Å²) in [5.41, 5.74) is 0.979. The van der Waals surface area contributed by atoms with E-state index in [9.17, 15) is 4.79 Å². The molecule has 2 heteroatoms. The van der Waals surface area contributed by atoms with E-state index in [1.54, 1.807) is 0 Å². The summed E-state index contributed by atoms with van der Waals surface area (Å²) >= 11 is 0. The molecule has 0 spiro atoms. The van der Waals surface area contributed by atoms with Crippen molar-refractivity contribution < 1.29 is 9.90 Å². The van der Waals surface area contributed by atoms with Crippen LogP contribution < -0.4 is 0 Å². The van der Waals surface area contributed by atoms with Crippen LogP contribution in [0, 0.1) is 11.8 Å². The van der Waals surface area contributed by atoms with E-state index in [-0.39, 0.29) is 0 Å². The van der Waals surface area contributed by atoms with E-state index in [1.165, 1.54) is 31.8 Å². The minimum Gasteiger partial charge on any atom is -0.478 e. The first-order valence-corrected chi connectivity index (χ1v) is 6.82. The van der Waals surface area contributed by atoms with Gasteiger partial charge in [-0.3, -0.25) is 0 Å². The van der Waals surface area contributed by atoms with Gasteiger partial charge in [-0.15, -0.1) is 0 Å². The van der Waals surface area contributed by atoms with Crippen LogP contribution >= 0.6 is 0 Å². The summed E-state index contributed by atoms with van der Waals surface area (Å²) in [4.78, 5) is 10.4. The number of carbonyl (C=O) groups is 1. The fourth-order valence-corrected chi connectivity index (χ4v) is 2.03. The second kappa shape index (κ2) is 9.26. The van der Waals surface area contributed by atoms with Crippen LogP contribution in [0.25, 0.3) is 0 Å². The number of carboxylic acid groups (broad SMARTS) is 1. The number of hydrogen-bond donors (Lipinski definition) is 1. The third-order valence-corrected chi connectivity index (χ3v) is 3.12. The Kier molecular flexibility index (Phi) is 8.83. The molecule has 0 radical (unpaired) electrons. The summed E-state index contributed by atoms with van der Waals surface area (Å²) in [5.74, 6) is 0.752. The molecular weight excluding hydrogens is 212 g/mol. The highest BCUT2D eigenvalue weighted by atomic mass is 16.4. The van der Waals surface area contributed by atoms with Gasteiger partial charge in [0.25, 0.3) is 0 Å². The predicted octanol–water partition coefficient (Wildman–Crippen LogP) is 4.65. The Balaban J connectivity index is 3.57. The van der Waals surface area contributed by atoms with Crippen molar-refractivity contribution in [1.82, 2.24) is 0 Å². The summed E-state index contributed by atoms with van der Waals surface area (Å²) in [7, 11) is 0. The van der Waals surface area contributed by atoms with Crippen molar-refractivity contribution >= 4 is 5.97 Å². The van der Waals surface area contributed by atoms with E-state index in [0.29, 0.717) is 0 Å². The van der Waals surface area contributed by atoms with Crippen molar-refractivity contribution in [2.75, 3.05) is 0 Å². The van der Waals surface area contributed by atoms with Gasteiger partial charge in [-0.1, -0.05) is 52.0 Å². The molecule has 0 aliphatic carbocycles. The molecule has 0 rings (SSSR count). The Morgan fingerprint density at radius 2 is 1.71 bits per heavy atom. The zero-order valence-electron chi connectivity index (χ0n) is 11.8. The normalized spacial score (nSPS) is 14.1. The molecule has 2 nitrogen and oxygen atoms in total. The zero-order valence-corrected chi connectivity index (χ0v) is 11.8. The van der Waals surface area contributed by atoms with Crippen molar-refractivity contribution in [3.05, 3.63) is 11.6 Å². The first kappa shape index (κ1) is 16.2. The Bertz CT molecular complexity index is 241. The number of carboxylic acids is 1. The summed E-state index contributed by atoms with van der Waals surface area (Å²) < 4.78 is 0. The standard InChI is InChI=1S/C15H28O2/c1-12(2)7-5-8-13(3)9-6-10-14(4)11-15(16)17/h11-13H,5-10H2,1-4H3,(H,16,17)/b14-11+. The van der Waals surface area contributed by atoms with E-state index >= 15 is 0 Å². The summed E-state index contributed by atoms with van der Waals surface area (Å²) in [6.45, 7) is 8.74. The Morgan fingerprint density at radius 1 is 1.12 bits per heavy atom. The molecule has 1 unspecified atom stereocenters. The Morgan fingerprint density at radius 3 is 2.24 bits per heavy atom. The lowest BCUT2D eigenvalue weighted by Crippen LogP contribution is -1.97. The van der Waals surface area contributed by atoms with Gasteiger partial charge in [0.05, 0.1) is 0 Å². The van der Waals surface area contributed by atoms with Crippen LogP contribution in [0.2, 0.25) is 0 Å². The molecule has 0 fully saturated rings. The van der Waals surface area contributed by atoms with Gasteiger partial charge in [0, 0.05) is 6.08 Å². The van der Waals surface area contributed by atoms with Crippen molar-refractivity contribution in [2.24, 2.45) is 11.8 Å². The molecule has 0 aromatic heterocycles. The van der Waals surface area contributed by atoms with Crippen molar-refractivity contribution in [3.63, 3.8) is 0 Å². The summed E-state index contributed by atoms with van der Waals surface area (Å²) in [6, 6.07) is 0. The molecule has 0 aliphatic heterocycles. The molecule has 0 amide bonds. The predicted molar refractivity (Wildman–Crippen MR) is 73.1 cm³/mol. The van der Waals surface area contributed by atoms with Gasteiger partial charge in [-0.25, -0.2) is 4.79 Å². The third kappa shape index (κ3) is 11.5. The second-order valence-electron chi connectivity index (χ2n) is 5.65. The van der Waals surface area contributed by atoms with Crippen molar-refractivity contribution in [1.29, 1.82) is 0 Å². The van der Waals surface area contributed by atoms with Crippen molar-refractivity contribution in [3.8, 4) is 0 Å². The molecule has 1 atom stereocenters. The zero-order chi connectivity index (χ0) is 13.3. The maximum atomic E-state index is 10.4. The number of rotatable bonds is 9. The number of aliphatic carboxylic acids is 1. The van der Waals surface area contributed by atoms with Gasteiger partial charge in [0.15, 0.2) is 0 Å². The van der Waals surface area contributed by atoms with E-state index in [4.69, 9.17) is 5.11 Å². The van der Waals surface area contributed by atoms with Gasteiger partial charge in [-0.05, 0) is 31.6 Å². The van der Waals surface area contributed by atoms with Crippen LogP contribution in [-0.4, -0.2) is 11.1 Å². The van der Waals surface area contributed by atoms with Crippen LogP contribution in [0.3, 0.4) is 0 Å². The highest BCUT2D eigenvalue weighted by Crippen LogP contribution is 2.18. The molecule has 17 heavy (non-hydrogen) atoms. The quantitative estimate of drug-likeness (QED) is 0.596. The lowest BCUT2D eigenvalue weighted by molar-refractivity contribution is -0.131. The van der Waals surface area contributed by atoms with E-state index in [2.05, 4.69) is 20.8 Å². The molecule has 0 saturated heterocycles. The maximum Gasteiger partial charge on any atom is 0.328 e. The van der Waals surface area contributed by atoms with Gasteiger partial charge < -0.3 is 5.11 Å². The van der Waals surface area contributed by atoms with Gasteiger partial charge in [0.1, 0.15) is 0 Å². The fourth-order valence-electron chi connectivity index (χ4n) is 2.03. The third-order valence-electron chi connectivity index (χ3n) is 3.12. The molecule has 1 N–H and O–H groups in total. The lowest BCUT2D eigenvalue weighted by atomic mass is 9.94. The Labute approximate surface area is 106 Å². The Hall–Kier alpha value is -0.790. The lowest BCUT2D eigenvalue weighted by Gasteiger charge is -2.12. The smallest absolute Gasteiger partial charge is 0.328 e. The highest BCUT2D eigenvalue weighted by molar-refractivity contribution is 5.80. The molecule has 0 saturated carbocycles. The first-order chi connectivity index (χ1) is 7.91. The largest absolute Gasteiger partial charge is 0.478 e. The van der Waals surface area contributed by atoms with Gasteiger partial charge >= 0.3 is 5.97 Å². The van der Waals surface area contributed by atoms with Gasteiger partial charge in [0.2, 0.25) is 0 Å². The van der Waals surface area contributed by atoms with E-state index in [1.807, 2.05) is 6.92 Å². The monoisotopic (exact) mass is 240 g/mol. The SMILES string of the molecule is C/C(=C\C(=O)O)CCCC(C)CCCC(C)C.